The van der Waals surface area contributed by atoms with Crippen LogP contribution < -0.4 is 5.32 Å². The van der Waals surface area contributed by atoms with Gasteiger partial charge in [-0.15, -0.1) is 0 Å². The van der Waals surface area contributed by atoms with Crippen molar-refractivity contribution in [2.45, 2.75) is 6.42 Å². The molecule has 18 heavy (non-hydrogen) atoms. The van der Waals surface area contributed by atoms with Crippen molar-refractivity contribution in [3.8, 4) is 5.75 Å². The Hall–Kier alpha value is -1.66. The van der Waals surface area contributed by atoms with Gasteiger partial charge in [-0.3, -0.25) is 4.79 Å². The maximum absolute atomic E-state index is 12.7. The minimum absolute atomic E-state index is 0.0319. The molecule has 1 aromatic rings. The van der Waals surface area contributed by atoms with E-state index < -0.39 is 11.7 Å². The fourth-order valence-electron chi connectivity index (χ4n) is 1.33. The number of phenolic OH excluding ortho intramolecular Hbond substituents is 1. The summed E-state index contributed by atoms with van der Waals surface area (Å²) in [5, 5.41) is 20.4. The molecule has 0 radical (unpaired) electrons. The molecule has 1 rings (SSSR count). The summed E-state index contributed by atoms with van der Waals surface area (Å²) in [7, 11) is 0. The van der Waals surface area contributed by atoms with E-state index >= 15 is 0 Å². The van der Waals surface area contributed by atoms with Gasteiger partial charge in [0.15, 0.2) is 0 Å². The highest BCUT2D eigenvalue weighted by molar-refractivity contribution is 5.96. The molecule has 0 atom stereocenters. The Morgan fingerprint density at radius 1 is 1.39 bits per heavy atom. The van der Waals surface area contributed by atoms with E-state index in [-0.39, 0.29) is 24.5 Å². The van der Waals surface area contributed by atoms with Crippen molar-refractivity contribution in [3.05, 3.63) is 29.6 Å². The summed E-state index contributed by atoms with van der Waals surface area (Å²) in [5.41, 5.74) is 0.0349. The number of benzene rings is 1. The molecule has 1 amide bonds. The summed E-state index contributed by atoms with van der Waals surface area (Å²) in [6, 6.07) is 3.22. The Balaban J connectivity index is 2.32. The van der Waals surface area contributed by atoms with E-state index in [1.165, 1.54) is 6.07 Å². The lowest BCUT2D eigenvalue weighted by Gasteiger charge is -2.07. The predicted molar refractivity (Wildman–Crippen MR) is 62.9 cm³/mol. The molecule has 0 bridgehead atoms. The maximum Gasteiger partial charge on any atom is 0.255 e. The fraction of sp³-hybridized carbons (Fsp3) is 0.417. The van der Waals surface area contributed by atoms with Gasteiger partial charge in [0.2, 0.25) is 0 Å². The summed E-state index contributed by atoms with van der Waals surface area (Å²) in [6.07, 6.45) is 0.591. The summed E-state index contributed by atoms with van der Waals surface area (Å²) in [6.45, 7) is 1.04. The van der Waals surface area contributed by atoms with E-state index in [9.17, 15) is 14.3 Å². The molecule has 3 N–H and O–H groups in total. The Morgan fingerprint density at radius 2 is 2.17 bits per heavy atom. The summed E-state index contributed by atoms with van der Waals surface area (Å²) >= 11 is 0. The maximum atomic E-state index is 12.7. The lowest BCUT2D eigenvalue weighted by molar-refractivity contribution is 0.0866. The highest BCUT2D eigenvalue weighted by Gasteiger charge is 2.10. The third-order valence-electron chi connectivity index (χ3n) is 2.19. The van der Waals surface area contributed by atoms with Gasteiger partial charge in [-0.1, -0.05) is 0 Å². The largest absolute Gasteiger partial charge is 0.507 e. The van der Waals surface area contributed by atoms with Crippen molar-refractivity contribution < 1.29 is 24.1 Å². The number of ether oxygens (including phenoxy) is 1. The molecule has 0 aliphatic carbocycles. The summed E-state index contributed by atoms with van der Waals surface area (Å²) < 4.78 is 17.7. The van der Waals surface area contributed by atoms with Crippen LogP contribution in [0.4, 0.5) is 4.39 Å². The van der Waals surface area contributed by atoms with Crippen molar-refractivity contribution in [2.24, 2.45) is 0 Å². The van der Waals surface area contributed by atoms with Gasteiger partial charge in [-0.2, -0.15) is 0 Å². The third kappa shape index (κ3) is 4.68. The van der Waals surface area contributed by atoms with Crippen LogP contribution in [0.15, 0.2) is 18.2 Å². The van der Waals surface area contributed by atoms with Gasteiger partial charge in [0.1, 0.15) is 11.6 Å². The Labute approximate surface area is 104 Å². The Morgan fingerprint density at radius 3 is 2.83 bits per heavy atom. The number of aromatic hydroxyl groups is 1. The molecule has 0 aliphatic rings. The number of carbonyl (C=O) groups excluding carboxylic acids is 1. The van der Waals surface area contributed by atoms with Crippen LogP contribution in [0, 0.1) is 5.82 Å². The predicted octanol–water partition coefficient (Wildman–Crippen LogP) is 0.660. The molecule has 1 aromatic carbocycles. The Bertz CT molecular complexity index is 398. The van der Waals surface area contributed by atoms with Crippen LogP contribution in [-0.2, 0) is 4.74 Å². The highest BCUT2D eigenvalue weighted by atomic mass is 19.1. The molecule has 5 nitrogen and oxygen atoms in total. The first kappa shape index (κ1) is 14.4. The Kier molecular flexibility index (Phi) is 6.10. The average molecular weight is 257 g/mol. The van der Waals surface area contributed by atoms with Gasteiger partial charge >= 0.3 is 0 Å². The van der Waals surface area contributed by atoms with Crippen molar-refractivity contribution in [1.82, 2.24) is 5.32 Å². The van der Waals surface area contributed by atoms with Crippen molar-refractivity contribution in [1.29, 1.82) is 0 Å². The lowest BCUT2D eigenvalue weighted by atomic mass is 10.2. The van der Waals surface area contributed by atoms with Crippen LogP contribution >= 0.6 is 0 Å². The smallest absolute Gasteiger partial charge is 0.255 e. The van der Waals surface area contributed by atoms with E-state index in [1.54, 1.807) is 0 Å². The van der Waals surface area contributed by atoms with Crippen LogP contribution in [-0.4, -0.2) is 42.5 Å². The second kappa shape index (κ2) is 7.62. The minimum atomic E-state index is -0.596. The zero-order valence-electron chi connectivity index (χ0n) is 9.86. The lowest BCUT2D eigenvalue weighted by Crippen LogP contribution is -2.25. The summed E-state index contributed by atoms with van der Waals surface area (Å²) in [5.74, 6) is -1.44. The molecule has 0 aromatic heterocycles. The molecular weight excluding hydrogens is 241 g/mol. The fourth-order valence-corrected chi connectivity index (χ4v) is 1.33. The van der Waals surface area contributed by atoms with Gasteiger partial charge in [-0.05, 0) is 18.6 Å². The first-order valence-electron chi connectivity index (χ1n) is 5.60. The van der Waals surface area contributed by atoms with Crippen LogP contribution in [0.25, 0.3) is 0 Å². The number of halogens is 1. The molecule has 0 aliphatic heterocycles. The SMILES string of the molecule is O=C(NCCCOCCO)c1ccc(F)cc1O. The van der Waals surface area contributed by atoms with E-state index in [4.69, 9.17) is 9.84 Å². The number of rotatable bonds is 7. The zero-order valence-corrected chi connectivity index (χ0v) is 9.86. The van der Waals surface area contributed by atoms with Crippen LogP contribution in [0.2, 0.25) is 0 Å². The first-order valence-corrected chi connectivity index (χ1v) is 5.60. The van der Waals surface area contributed by atoms with Crippen LogP contribution in [0.5, 0.6) is 5.75 Å². The number of aliphatic hydroxyl groups excluding tert-OH is 1. The third-order valence-corrected chi connectivity index (χ3v) is 2.19. The highest BCUT2D eigenvalue weighted by Crippen LogP contribution is 2.17. The zero-order chi connectivity index (χ0) is 13.4. The molecular formula is C12H16FNO4. The van der Waals surface area contributed by atoms with E-state index in [2.05, 4.69) is 5.32 Å². The normalized spacial score (nSPS) is 10.3. The number of aliphatic hydroxyl groups is 1. The molecule has 0 saturated heterocycles. The molecule has 100 valence electrons. The molecule has 0 saturated carbocycles. The molecule has 0 heterocycles. The van der Waals surface area contributed by atoms with Crippen LogP contribution in [0.1, 0.15) is 16.8 Å². The van der Waals surface area contributed by atoms with Crippen LogP contribution in [0.3, 0.4) is 0 Å². The monoisotopic (exact) mass is 257 g/mol. The number of carbonyl (C=O) groups is 1. The van der Waals surface area contributed by atoms with E-state index in [0.29, 0.717) is 19.6 Å². The second-order valence-electron chi connectivity index (χ2n) is 3.61. The number of hydrogen-bond donors (Lipinski definition) is 3. The van der Waals surface area contributed by atoms with E-state index in [0.717, 1.165) is 12.1 Å². The van der Waals surface area contributed by atoms with Gasteiger partial charge in [0, 0.05) is 19.2 Å². The van der Waals surface area contributed by atoms with Gasteiger partial charge in [0.25, 0.3) is 5.91 Å². The topological polar surface area (TPSA) is 78.8 Å². The molecule has 6 heteroatoms. The van der Waals surface area contributed by atoms with Gasteiger partial charge in [-0.25, -0.2) is 4.39 Å². The number of nitrogens with one attached hydrogen (secondary N) is 1. The number of phenols is 1. The van der Waals surface area contributed by atoms with Crippen molar-refractivity contribution in [3.63, 3.8) is 0 Å². The first-order chi connectivity index (χ1) is 8.65. The quantitative estimate of drug-likeness (QED) is 0.627. The second-order valence-corrected chi connectivity index (χ2v) is 3.61. The van der Waals surface area contributed by atoms with Crippen molar-refractivity contribution >= 4 is 5.91 Å². The van der Waals surface area contributed by atoms with Gasteiger partial charge < -0.3 is 20.3 Å². The minimum Gasteiger partial charge on any atom is -0.507 e. The molecule has 0 unspecified atom stereocenters. The molecule has 0 spiro atoms. The number of amides is 1. The van der Waals surface area contributed by atoms with E-state index in [1.807, 2.05) is 0 Å². The molecule has 0 fully saturated rings. The average Bonchev–Trinajstić information content (AvgIpc) is 2.33. The van der Waals surface area contributed by atoms with Gasteiger partial charge in [0.05, 0.1) is 18.8 Å². The number of hydrogen-bond acceptors (Lipinski definition) is 4. The summed E-state index contributed by atoms with van der Waals surface area (Å²) in [4.78, 5) is 11.6. The standard InChI is InChI=1S/C12H16FNO4/c13-9-2-3-10(11(16)8-9)12(17)14-4-1-6-18-7-5-15/h2-3,8,15-16H,1,4-7H2,(H,14,17). The van der Waals surface area contributed by atoms with Crippen molar-refractivity contribution in [2.75, 3.05) is 26.4 Å².